The van der Waals surface area contributed by atoms with Crippen LogP contribution in [0.5, 0.6) is 0 Å². The van der Waals surface area contributed by atoms with E-state index in [2.05, 4.69) is 185 Å². The van der Waals surface area contributed by atoms with Crippen molar-refractivity contribution in [2.24, 2.45) is 0 Å². The third-order valence-electron chi connectivity index (χ3n) is 10.2. The molecule has 0 spiro atoms. The summed E-state index contributed by atoms with van der Waals surface area (Å²) in [6.45, 7) is 11.7. The second kappa shape index (κ2) is 9.81. The maximum absolute atomic E-state index is 2.53. The zero-order valence-corrected chi connectivity index (χ0v) is 26.8. The van der Waals surface area contributed by atoms with Crippen LogP contribution in [0, 0.1) is 0 Å². The van der Waals surface area contributed by atoms with Gasteiger partial charge in [-0.1, -0.05) is 135 Å². The molecule has 1 nitrogen and oxygen atoms in total. The zero-order chi connectivity index (χ0) is 31.0. The van der Waals surface area contributed by atoms with Crippen molar-refractivity contribution in [1.29, 1.82) is 0 Å². The molecule has 0 aliphatic heterocycles. The van der Waals surface area contributed by atoms with Gasteiger partial charge in [-0.05, 0) is 101 Å². The standard InChI is InChI=1S/C44H39N/c1-42(2,3)45(33-26-27-37-34-20-9-12-23-38(34)43(4,5)41(37)29-33)32-19-15-18-31(28-32)44(30-16-7-6-8-17-30)39-24-13-10-21-35(39)36-22-11-14-25-40(36)44/h6-29H,1-5H3. The molecule has 0 aromatic heterocycles. The highest BCUT2D eigenvalue weighted by atomic mass is 15.2. The smallest absolute Gasteiger partial charge is 0.0714 e. The van der Waals surface area contributed by atoms with Gasteiger partial charge in [-0.15, -0.1) is 0 Å². The van der Waals surface area contributed by atoms with Gasteiger partial charge in [-0.25, -0.2) is 0 Å². The number of fused-ring (bicyclic) bond motifs is 6. The van der Waals surface area contributed by atoms with E-state index in [1.165, 1.54) is 67.0 Å². The van der Waals surface area contributed by atoms with Crippen LogP contribution >= 0.6 is 0 Å². The number of rotatable bonds is 4. The average Bonchev–Trinajstić information content (AvgIpc) is 3.48. The summed E-state index contributed by atoms with van der Waals surface area (Å²) in [6, 6.07) is 54.3. The van der Waals surface area contributed by atoms with Gasteiger partial charge in [-0.2, -0.15) is 0 Å². The topological polar surface area (TPSA) is 3.24 Å². The Morgan fingerprint density at radius 2 is 0.911 bits per heavy atom. The lowest BCUT2D eigenvalue weighted by molar-refractivity contribution is 0.559. The van der Waals surface area contributed by atoms with E-state index in [1.54, 1.807) is 0 Å². The van der Waals surface area contributed by atoms with Gasteiger partial charge in [0.05, 0.1) is 5.41 Å². The Morgan fingerprint density at radius 1 is 0.422 bits per heavy atom. The molecular weight excluding hydrogens is 542 g/mol. The Morgan fingerprint density at radius 3 is 1.53 bits per heavy atom. The maximum Gasteiger partial charge on any atom is 0.0714 e. The Hall–Kier alpha value is -4.88. The van der Waals surface area contributed by atoms with Gasteiger partial charge in [0, 0.05) is 22.3 Å². The van der Waals surface area contributed by atoms with Crippen LogP contribution in [0.2, 0.25) is 0 Å². The van der Waals surface area contributed by atoms with Crippen molar-refractivity contribution in [1.82, 2.24) is 0 Å². The molecular formula is C44H39N. The van der Waals surface area contributed by atoms with E-state index in [4.69, 9.17) is 0 Å². The lowest BCUT2D eigenvalue weighted by Gasteiger charge is -2.40. The molecule has 0 amide bonds. The fourth-order valence-electron chi connectivity index (χ4n) is 8.35. The van der Waals surface area contributed by atoms with Gasteiger partial charge >= 0.3 is 0 Å². The van der Waals surface area contributed by atoms with Crippen LogP contribution in [0.3, 0.4) is 0 Å². The first kappa shape index (κ1) is 27.7. The van der Waals surface area contributed by atoms with Crippen molar-refractivity contribution >= 4 is 11.4 Å². The summed E-state index contributed by atoms with van der Waals surface area (Å²) in [5, 5.41) is 0. The van der Waals surface area contributed by atoms with Crippen molar-refractivity contribution in [2.45, 2.75) is 51.0 Å². The summed E-state index contributed by atoms with van der Waals surface area (Å²) in [5.41, 5.74) is 15.2. The molecule has 0 atom stereocenters. The van der Waals surface area contributed by atoms with Gasteiger partial charge in [0.2, 0.25) is 0 Å². The predicted molar refractivity (Wildman–Crippen MR) is 190 cm³/mol. The number of hydrogen-bond donors (Lipinski definition) is 0. The third-order valence-corrected chi connectivity index (χ3v) is 10.2. The molecule has 0 radical (unpaired) electrons. The van der Waals surface area contributed by atoms with Crippen LogP contribution in [-0.4, -0.2) is 5.54 Å². The molecule has 6 aromatic carbocycles. The fourth-order valence-corrected chi connectivity index (χ4v) is 8.35. The highest BCUT2D eigenvalue weighted by molar-refractivity contribution is 5.87. The minimum atomic E-state index is -0.421. The van der Waals surface area contributed by atoms with Gasteiger partial charge in [0.1, 0.15) is 0 Å². The van der Waals surface area contributed by atoms with Crippen LogP contribution < -0.4 is 4.90 Å². The molecule has 0 N–H and O–H groups in total. The van der Waals surface area contributed by atoms with Crippen molar-refractivity contribution < 1.29 is 0 Å². The van der Waals surface area contributed by atoms with Gasteiger partial charge < -0.3 is 4.90 Å². The summed E-state index contributed by atoms with van der Waals surface area (Å²) in [4.78, 5) is 2.53. The van der Waals surface area contributed by atoms with Gasteiger partial charge in [0.15, 0.2) is 0 Å². The van der Waals surface area contributed by atoms with Gasteiger partial charge in [0.25, 0.3) is 0 Å². The second-order valence-corrected chi connectivity index (χ2v) is 14.2. The molecule has 45 heavy (non-hydrogen) atoms. The molecule has 2 aliphatic rings. The minimum Gasteiger partial charge on any atom is -0.336 e. The normalized spacial score (nSPS) is 15.1. The van der Waals surface area contributed by atoms with Crippen molar-refractivity contribution in [2.75, 3.05) is 4.90 Å². The maximum atomic E-state index is 2.53. The lowest BCUT2D eigenvalue weighted by Crippen LogP contribution is -2.38. The minimum absolute atomic E-state index is 0.0536. The second-order valence-electron chi connectivity index (χ2n) is 14.2. The number of hydrogen-bond acceptors (Lipinski definition) is 1. The molecule has 0 unspecified atom stereocenters. The van der Waals surface area contributed by atoms with Gasteiger partial charge in [-0.3, -0.25) is 0 Å². The van der Waals surface area contributed by atoms with Crippen LogP contribution in [-0.2, 0) is 10.8 Å². The van der Waals surface area contributed by atoms with Crippen LogP contribution in [0.1, 0.15) is 68.0 Å². The number of nitrogens with zero attached hydrogens (tertiary/aromatic N) is 1. The highest BCUT2D eigenvalue weighted by Gasteiger charge is 2.46. The van der Waals surface area contributed by atoms with Crippen molar-refractivity contribution in [3.05, 3.63) is 179 Å². The summed E-state index contributed by atoms with van der Waals surface area (Å²) < 4.78 is 0. The van der Waals surface area contributed by atoms with Crippen LogP contribution in [0.15, 0.2) is 146 Å². The average molecular weight is 582 g/mol. The Bertz CT molecular complexity index is 2030. The van der Waals surface area contributed by atoms with E-state index in [1.807, 2.05) is 0 Å². The Labute approximate surface area is 267 Å². The van der Waals surface area contributed by atoms with E-state index >= 15 is 0 Å². The molecule has 0 heterocycles. The SMILES string of the molecule is CC1(C)c2ccccc2-c2ccc(N(c3cccc(C4(c5ccccc5)c5ccccc5-c5ccccc54)c3)C(C)(C)C)cc21. The van der Waals surface area contributed by atoms with Crippen LogP contribution in [0.25, 0.3) is 22.3 Å². The van der Waals surface area contributed by atoms with E-state index in [0.29, 0.717) is 0 Å². The molecule has 1 heteroatoms. The molecule has 0 saturated carbocycles. The largest absolute Gasteiger partial charge is 0.336 e. The predicted octanol–water partition coefficient (Wildman–Crippen LogP) is 11.3. The summed E-state index contributed by atoms with van der Waals surface area (Å²) in [6.07, 6.45) is 0. The first-order valence-electron chi connectivity index (χ1n) is 16.1. The summed E-state index contributed by atoms with van der Waals surface area (Å²) in [7, 11) is 0. The van der Waals surface area contributed by atoms with Crippen LogP contribution in [0.4, 0.5) is 11.4 Å². The zero-order valence-electron chi connectivity index (χ0n) is 26.8. The number of anilines is 2. The number of benzene rings is 6. The van der Waals surface area contributed by atoms with E-state index < -0.39 is 5.41 Å². The highest BCUT2D eigenvalue weighted by Crippen LogP contribution is 2.57. The molecule has 0 saturated heterocycles. The molecule has 0 fully saturated rings. The Balaban J connectivity index is 1.35. The first-order valence-corrected chi connectivity index (χ1v) is 16.1. The lowest BCUT2D eigenvalue weighted by atomic mass is 9.67. The fraction of sp³-hybridized carbons (Fsp3) is 0.182. The quantitative estimate of drug-likeness (QED) is 0.200. The third kappa shape index (κ3) is 3.93. The van der Waals surface area contributed by atoms with E-state index in [-0.39, 0.29) is 11.0 Å². The monoisotopic (exact) mass is 581 g/mol. The van der Waals surface area contributed by atoms with E-state index in [0.717, 1.165) is 0 Å². The molecule has 0 bridgehead atoms. The molecule has 8 rings (SSSR count). The molecule has 220 valence electrons. The Kier molecular flexibility index (Phi) is 6.03. The van der Waals surface area contributed by atoms with Crippen molar-refractivity contribution in [3.8, 4) is 22.3 Å². The summed E-state index contributed by atoms with van der Waals surface area (Å²) in [5.74, 6) is 0. The summed E-state index contributed by atoms with van der Waals surface area (Å²) >= 11 is 0. The molecule has 2 aliphatic carbocycles. The first-order chi connectivity index (χ1) is 21.7. The van der Waals surface area contributed by atoms with E-state index in [9.17, 15) is 0 Å². The molecule has 6 aromatic rings. The van der Waals surface area contributed by atoms with Crippen molar-refractivity contribution in [3.63, 3.8) is 0 Å².